The van der Waals surface area contributed by atoms with Gasteiger partial charge in [-0.3, -0.25) is 0 Å². The van der Waals surface area contributed by atoms with Crippen LogP contribution in [0.4, 0.5) is 0 Å². The van der Waals surface area contributed by atoms with Gasteiger partial charge in [0, 0.05) is 17.8 Å². The van der Waals surface area contributed by atoms with Gasteiger partial charge in [-0.1, -0.05) is 67.7 Å². The summed E-state index contributed by atoms with van der Waals surface area (Å²) in [5.74, 6) is 0.614. The van der Waals surface area contributed by atoms with E-state index >= 15 is 0 Å². The molecule has 26 heavy (non-hydrogen) atoms. The minimum absolute atomic E-state index is 0.289. The topological polar surface area (TPSA) is 52.0 Å². The molecule has 0 unspecified atom stereocenters. The molecule has 0 aliphatic rings. The Balaban J connectivity index is 2.15. The van der Waals surface area contributed by atoms with Crippen molar-refractivity contribution in [1.29, 1.82) is 0 Å². The maximum absolute atomic E-state index is 13.2. The van der Waals surface area contributed by atoms with E-state index in [1.54, 1.807) is 18.3 Å². The Labute approximate surface area is 156 Å². The van der Waals surface area contributed by atoms with Gasteiger partial charge in [-0.05, 0) is 19.1 Å². The van der Waals surface area contributed by atoms with Crippen LogP contribution in [-0.2, 0) is 16.1 Å². The standard InChI is InChI=1S/C20H24N2O2SSi/c1-16-10-12-18(13-11-16)25(23,24)22-14-19(17-8-6-5-7-9-17)21-20(22)15-26(2,3)4/h5-14H,15H2,1-4H3. The quantitative estimate of drug-likeness (QED) is 0.608. The summed E-state index contributed by atoms with van der Waals surface area (Å²) in [6.07, 6.45) is 1.65. The lowest BCUT2D eigenvalue weighted by molar-refractivity contribution is 0.585. The van der Waals surface area contributed by atoms with Crippen LogP contribution < -0.4 is 0 Å². The number of aryl methyl sites for hydroxylation is 1. The first kappa shape index (κ1) is 18.6. The molecule has 0 spiro atoms. The monoisotopic (exact) mass is 384 g/mol. The van der Waals surface area contributed by atoms with Crippen LogP contribution in [0.15, 0.2) is 65.7 Å². The molecule has 6 heteroatoms. The van der Waals surface area contributed by atoms with E-state index in [-0.39, 0.29) is 4.90 Å². The summed E-state index contributed by atoms with van der Waals surface area (Å²) < 4.78 is 27.8. The number of hydrogen-bond acceptors (Lipinski definition) is 3. The summed E-state index contributed by atoms with van der Waals surface area (Å²) in [4.78, 5) is 4.98. The van der Waals surface area contributed by atoms with Gasteiger partial charge < -0.3 is 0 Å². The minimum Gasteiger partial charge on any atom is -0.232 e. The van der Waals surface area contributed by atoms with Crippen LogP contribution in [0.25, 0.3) is 11.3 Å². The smallest absolute Gasteiger partial charge is 0.232 e. The van der Waals surface area contributed by atoms with Crippen molar-refractivity contribution in [1.82, 2.24) is 8.96 Å². The number of hydrogen-bond donors (Lipinski definition) is 0. The van der Waals surface area contributed by atoms with E-state index in [4.69, 9.17) is 4.98 Å². The van der Waals surface area contributed by atoms with Crippen LogP contribution in [0.2, 0.25) is 19.6 Å². The van der Waals surface area contributed by atoms with Gasteiger partial charge >= 0.3 is 0 Å². The molecular formula is C20H24N2O2SSi. The first-order chi connectivity index (χ1) is 12.2. The van der Waals surface area contributed by atoms with E-state index in [1.165, 1.54) is 3.97 Å². The molecule has 0 saturated carbocycles. The third-order valence-electron chi connectivity index (χ3n) is 4.08. The Bertz CT molecular complexity index is 1000. The molecule has 0 radical (unpaired) electrons. The van der Waals surface area contributed by atoms with Gasteiger partial charge in [-0.2, -0.15) is 0 Å². The van der Waals surface area contributed by atoms with Crippen molar-refractivity contribution in [2.24, 2.45) is 0 Å². The van der Waals surface area contributed by atoms with Gasteiger partial charge in [0.2, 0.25) is 0 Å². The van der Waals surface area contributed by atoms with Crippen molar-refractivity contribution in [3.8, 4) is 11.3 Å². The van der Waals surface area contributed by atoms with Crippen LogP contribution in [0.5, 0.6) is 0 Å². The fraction of sp³-hybridized carbons (Fsp3) is 0.250. The molecule has 1 aromatic heterocycles. The van der Waals surface area contributed by atoms with Crippen molar-refractivity contribution in [3.63, 3.8) is 0 Å². The highest BCUT2D eigenvalue weighted by Gasteiger charge is 2.26. The Kier molecular flexibility index (Phi) is 4.90. The minimum atomic E-state index is -3.67. The molecule has 0 atom stereocenters. The van der Waals surface area contributed by atoms with Gasteiger partial charge in [0.25, 0.3) is 10.0 Å². The zero-order valence-corrected chi connectivity index (χ0v) is 17.4. The molecule has 0 aliphatic heterocycles. The highest BCUT2D eigenvalue weighted by Crippen LogP contribution is 2.25. The molecule has 1 heterocycles. The zero-order chi connectivity index (χ0) is 18.9. The molecule has 0 fully saturated rings. The van der Waals surface area contributed by atoms with Crippen molar-refractivity contribution >= 4 is 18.1 Å². The van der Waals surface area contributed by atoms with Crippen molar-refractivity contribution < 1.29 is 8.42 Å². The lowest BCUT2D eigenvalue weighted by Gasteiger charge is -2.16. The maximum atomic E-state index is 13.2. The fourth-order valence-corrected chi connectivity index (χ4v) is 5.42. The summed E-state index contributed by atoms with van der Waals surface area (Å²) in [7, 11) is -5.22. The summed E-state index contributed by atoms with van der Waals surface area (Å²) in [5, 5.41) is 0. The SMILES string of the molecule is Cc1ccc(S(=O)(=O)n2cc(-c3ccccc3)nc2C[Si](C)(C)C)cc1. The van der Waals surface area contributed by atoms with Gasteiger partial charge in [0.05, 0.1) is 18.7 Å². The molecule has 0 N–H and O–H groups in total. The van der Waals surface area contributed by atoms with Crippen molar-refractivity contribution in [2.45, 2.75) is 37.5 Å². The van der Waals surface area contributed by atoms with E-state index in [2.05, 4.69) is 19.6 Å². The Hall–Kier alpha value is -2.18. The van der Waals surface area contributed by atoms with Gasteiger partial charge in [0.1, 0.15) is 5.82 Å². The zero-order valence-electron chi connectivity index (χ0n) is 15.6. The average Bonchev–Trinajstić information content (AvgIpc) is 2.99. The van der Waals surface area contributed by atoms with E-state index < -0.39 is 18.1 Å². The molecule has 2 aromatic carbocycles. The highest BCUT2D eigenvalue weighted by atomic mass is 32.2. The van der Waals surface area contributed by atoms with E-state index in [0.717, 1.165) is 11.1 Å². The largest absolute Gasteiger partial charge is 0.269 e. The molecule has 0 bridgehead atoms. The van der Waals surface area contributed by atoms with Gasteiger partial charge in [-0.15, -0.1) is 0 Å². The van der Waals surface area contributed by atoms with Crippen molar-refractivity contribution in [2.75, 3.05) is 0 Å². The summed E-state index contributed by atoms with van der Waals surface area (Å²) >= 11 is 0. The molecule has 0 saturated heterocycles. The Morgan fingerprint density at radius 1 is 0.962 bits per heavy atom. The lowest BCUT2D eigenvalue weighted by atomic mass is 10.2. The van der Waals surface area contributed by atoms with Crippen LogP contribution in [0.1, 0.15) is 11.4 Å². The third kappa shape index (κ3) is 3.97. The summed E-state index contributed by atoms with van der Waals surface area (Å²) in [5.41, 5.74) is 2.64. The van der Waals surface area contributed by atoms with E-state index in [1.807, 2.05) is 49.4 Å². The molecular weight excluding hydrogens is 360 g/mol. The fourth-order valence-electron chi connectivity index (χ4n) is 2.77. The Morgan fingerprint density at radius 2 is 1.58 bits per heavy atom. The summed E-state index contributed by atoms with van der Waals surface area (Å²) in [6, 6.07) is 17.4. The molecule has 0 amide bonds. The first-order valence-corrected chi connectivity index (χ1v) is 13.8. The third-order valence-corrected chi connectivity index (χ3v) is 7.16. The molecule has 3 rings (SSSR count). The van der Waals surface area contributed by atoms with Crippen LogP contribution in [0, 0.1) is 6.92 Å². The summed E-state index contributed by atoms with van der Waals surface area (Å²) in [6.45, 7) is 8.59. The van der Waals surface area contributed by atoms with Gasteiger partial charge in [-0.25, -0.2) is 17.4 Å². The van der Waals surface area contributed by atoms with Crippen LogP contribution in [-0.4, -0.2) is 25.4 Å². The second-order valence-electron chi connectivity index (χ2n) is 7.76. The highest BCUT2D eigenvalue weighted by molar-refractivity contribution is 7.90. The molecule has 0 aliphatic carbocycles. The number of aromatic nitrogens is 2. The van der Waals surface area contributed by atoms with Crippen LogP contribution in [0.3, 0.4) is 0 Å². The predicted octanol–water partition coefficient (Wildman–Crippen LogP) is 4.52. The maximum Gasteiger partial charge on any atom is 0.269 e. The molecule has 4 nitrogen and oxygen atoms in total. The number of nitrogens with zero attached hydrogens (tertiary/aromatic N) is 2. The average molecular weight is 385 g/mol. The van der Waals surface area contributed by atoms with E-state index in [0.29, 0.717) is 17.6 Å². The second kappa shape index (κ2) is 6.85. The molecule has 136 valence electrons. The van der Waals surface area contributed by atoms with Crippen LogP contribution >= 0.6 is 0 Å². The first-order valence-electron chi connectivity index (χ1n) is 8.63. The van der Waals surface area contributed by atoms with Crippen molar-refractivity contribution in [3.05, 3.63) is 72.2 Å². The predicted molar refractivity (Wildman–Crippen MR) is 108 cm³/mol. The lowest BCUT2D eigenvalue weighted by Crippen LogP contribution is -2.28. The normalized spacial score (nSPS) is 12.3. The number of imidazole rings is 1. The number of benzene rings is 2. The van der Waals surface area contributed by atoms with E-state index in [9.17, 15) is 8.42 Å². The number of rotatable bonds is 5. The Morgan fingerprint density at radius 3 is 2.15 bits per heavy atom. The second-order valence-corrected chi connectivity index (χ2v) is 15.0. The molecule has 3 aromatic rings. The van der Waals surface area contributed by atoms with Gasteiger partial charge in [0.15, 0.2) is 0 Å².